The maximum absolute atomic E-state index is 13.2. The number of furan rings is 1. The molecule has 0 radical (unpaired) electrons. The van der Waals surface area contributed by atoms with Crippen molar-refractivity contribution in [1.29, 1.82) is 0 Å². The zero-order valence-electron chi connectivity index (χ0n) is 17.6. The lowest BCUT2D eigenvalue weighted by molar-refractivity contribution is -0.124. The number of benzene rings is 2. The van der Waals surface area contributed by atoms with Gasteiger partial charge in [0.1, 0.15) is 5.75 Å². The van der Waals surface area contributed by atoms with Gasteiger partial charge in [0, 0.05) is 17.5 Å². The highest BCUT2D eigenvalue weighted by Gasteiger charge is 2.39. The molecule has 32 heavy (non-hydrogen) atoms. The van der Waals surface area contributed by atoms with Crippen molar-refractivity contribution in [3.05, 3.63) is 101 Å². The highest BCUT2D eigenvalue weighted by molar-refractivity contribution is 7.13. The lowest BCUT2D eigenvalue weighted by atomic mass is 9.70. The van der Waals surface area contributed by atoms with Crippen LogP contribution >= 0.6 is 11.3 Å². The number of hydrogen-bond acceptors (Lipinski definition) is 6. The zero-order chi connectivity index (χ0) is 22.6. The number of anilines is 1. The van der Waals surface area contributed by atoms with E-state index in [4.69, 9.17) is 9.15 Å². The fourth-order valence-electron chi connectivity index (χ4n) is 3.63. The van der Waals surface area contributed by atoms with Gasteiger partial charge in [0.15, 0.2) is 5.13 Å². The first-order valence-electron chi connectivity index (χ1n) is 10.1. The molecule has 7 heteroatoms. The number of hydrogen-bond donors (Lipinski definition) is 1. The van der Waals surface area contributed by atoms with Crippen LogP contribution in [0, 0.1) is 5.41 Å². The third-order valence-electron chi connectivity index (χ3n) is 5.24. The number of amides is 1. The minimum absolute atomic E-state index is 0.130. The standard InChI is InChI=1S/C25H22N2O4S/c1-25(2,23(29)27-24-26-14-16-32-24)21(17-7-4-3-5-8-17)18-10-12-19(13-11-18)31-22(28)20-9-6-15-30-20/h3-16,21H,1-2H3,(H,26,27,29)/t21-/m1/s1. The molecule has 1 amide bonds. The minimum Gasteiger partial charge on any atom is -0.457 e. The van der Waals surface area contributed by atoms with Crippen LogP contribution in [0.4, 0.5) is 5.13 Å². The molecule has 0 aliphatic heterocycles. The summed E-state index contributed by atoms with van der Waals surface area (Å²) in [4.78, 5) is 29.5. The zero-order valence-corrected chi connectivity index (χ0v) is 18.5. The molecule has 0 unspecified atom stereocenters. The van der Waals surface area contributed by atoms with Gasteiger partial charge in [-0.05, 0) is 35.4 Å². The number of nitrogens with one attached hydrogen (secondary N) is 1. The fraction of sp³-hybridized carbons (Fsp3) is 0.160. The fourth-order valence-corrected chi connectivity index (χ4v) is 4.15. The van der Waals surface area contributed by atoms with Crippen LogP contribution < -0.4 is 10.1 Å². The SMILES string of the molecule is CC(C)(C(=O)Nc1nccs1)[C@H](c1ccccc1)c1ccc(OC(=O)c2ccco2)cc1. The van der Waals surface area contributed by atoms with E-state index in [-0.39, 0.29) is 17.6 Å². The first-order chi connectivity index (χ1) is 15.4. The average Bonchev–Trinajstić information content (AvgIpc) is 3.50. The summed E-state index contributed by atoms with van der Waals surface area (Å²) in [5.74, 6) is -0.401. The van der Waals surface area contributed by atoms with Crippen molar-refractivity contribution in [3.63, 3.8) is 0 Å². The van der Waals surface area contributed by atoms with Gasteiger partial charge >= 0.3 is 5.97 Å². The number of carbonyl (C=O) groups is 2. The van der Waals surface area contributed by atoms with E-state index in [1.165, 1.54) is 17.6 Å². The molecule has 0 saturated heterocycles. The molecule has 6 nitrogen and oxygen atoms in total. The number of rotatable bonds is 7. The Labute approximate surface area is 189 Å². The van der Waals surface area contributed by atoms with E-state index >= 15 is 0 Å². The van der Waals surface area contributed by atoms with Crippen LogP contribution in [0.15, 0.2) is 89.0 Å². The van der Waals surface area contributed by atoms with Crippen LogP contribution in [0.3, 0.4) is 0 Å². The van der Waals surface area contributed by atoms with Crippen LogP contribution in [0.5, 0.6) is 5.75 Å². The van der Waals surface area contributed by atoms with E-state index in [0.717, 1.165) is 11.1 Å². The Kier molecular flexibility index (Phi) is 6.18. The summed E-state index contributed by atoms with van der Waals surface area (Å²) in [7, 11) is 0. The van der Waals surface area contributed by atoms with Gasteiger partial charge in [-0.1, -0.05) is 56.3 Å². The van der Waals surface area contributed by atoms with Gasteiger partial charge in [-0.2, -0.15) is 0 Å². The molecule has 162 valence electrons. The Hall–Kier alpha value is -3.71. The van der Waals surface area contributed by atoms with E-state index in [0.29, 0.717) is 10.9 Å². The van der Waals surface area contributed by atoms with Crippen molar-refractivity contribution >= 4 is 28.3 Å². The van der Waals surface area contributed by atoms with Crippen LogP contribution in [0.25, 0.3) is 0 Å². The van der Waals surface area contributed by atoms with Gasteiger partial charge in [0.05, 0.1) is 11.7 Å². The Balaban J connectivity index is 1.62. The van der Waals surface area contributed by atoms with E-state index in [1.54, 1.807) is 30.5 Å². The number of aromatic nitrogens is 1. The first kappa shape index (κ1) is 21.5. The van der Waals surface area contributed by atoms with Crippen LogP contribution in [0.1, 0.15) is 41.4 Å². The van der Waals surface area contributed by atoms with Gasteiger partial charge in [0.25, 0.3) is 0 Å². The number of esters is 1. The molecule has 0 saturated carbocycles. The summed E-state index contributed by atoms with van der Waals surface area (Å²) in [5, 5.41) is 5.31. The van der Waals surface area contributed by atoms with Crippen molar-refractivity contribution < 1.29 is 18.7 Å². The van der Waals surface area contributed by atoms with Gasteiger partial charge in [-0.15, -0.1) is 11.3 Å². The molecular formula is C25H22N2O4S. The largest absolute Gasteiger partial charge is 0.457 e. The minimum atomic E-state index is -0.792. The lowest BCUT2D eigenvalue weighted by Crippen LogP contribution is -2.37. The first-order valence-corrected chi connectivity index (χ1v) is 10.9. The molecular weight excluding hydrogens is 424 g/mol. The highest BCUT2D eigenvalue weighted by Crippen LogP contribution is 2.42. The summed E-state index contributed by atoms with van der Waals surface area (Å²) in [5.41, 5.74) is 1.14. The second-order valence-electron chi connectivity index (χ2n) is 7.79. The number of thiazole rings is 1. The number of carbonyl (C=O) groups excluding carboxylic acids is 2. The second-order valence-corrected chi connectivity index (χ2v) is 8.69. The van der Waals surface area contributed by atoms with Crippen molar-refractivity contribution in [2.45, 2.75) is 19.8 Å². The lowest BCUT2D eigenvalue weighted by Gasteiger charge is -2.33. The van der Waals surface area contributed by atoms with Crippen LogP contribution in [-0.2, 0) is 4.79 Å². The molecule has 0 aliphatic rings. The predicted molar refractivity (Wildman–Crippen MR) is 123 cm³/mol. The van der Waals surface area contributed by atoms with Crippen molar-refractivity contribution in [2.24, 2.45) is 5.41 Å². The van der Waals surface area contributed by atoms with Crippen LogP contribution in [0.2, 0.25) is 0 Å². The maximum Gasteiger partial charge on any atom is 0.379 e. The van der Waals surface area contributed by atoms with E-state index in [2.05, 4.69) is 10.3 Å². The molecule has 1 atom stereocenters. The Morgan fingerprint density at radius 2 is 1.72 bits per heavy atom. The van der Waals surface area contributed by atoms with Gasteiger partial charge in [0.2, 0.25) is 11.7 Å². The monoisotopic (exact) mass is 446 g/mol. The molecule has 2 aromatic carbocycles. The van der Waals surface area contributed by atoms with Gasteiger partial charge in [-0.25, -0.2) is 9.78 Å². The third-order valence-corrected chi connectivity index (χ3v) is 5.93. The molecule has 4 aromatic rings. The normalized spacial score (nSPS) is 12.2. The van der Waals surface area contributed by atoms with Crippen molar-refractivity contribution in [1.82, 2.24) is 4.98 Å². The molecule has 2 aromatic heterocycles. The Morgan fingerprint density at radius 1 is 1.00 bits per heavy atom. The van der Waals surface area contributed by atoms with Crippen molar-refractivity contribution in [3.8, 4) is 5.75 Å². The number of ether oxygens (including phenoxy) is 1. The molecule has 0 bridgehead atoms. The summed E-state index contributed by atoms with van der Waals surface area (Å²) >= 11 is 1.38. The smallest absolute Gasteiger partial charge is 0.379 e. The van der Waals surface area contributed by atoms with Gasteiger partial charge in [-0.3, -0.25) is 4.79 Å². The van der Waals surface area contributed by atoms with Gasteiger partial charge < -0.3 is 14.5 Å². The second kappa shape index (κ2) is 9.20. The topological polar surface area (TPSA) is 81.4 Å². The maximum atomic E-state index is 13.2. The van der Waals surface area contributed by atoms with E-state index < -0.39 is 11.4 Å². The molecule has 4 rings (SSSR count). The molecule has 1 N–H and O–H groups in total. The van der Waals surface area contributed by atoms with E-state index in [1.807, 2.05) is 61.7 Å². The quantitative estimate of drug-likeness (QED) is 0.289. The van der Waals surface area contributed by atoms with E-state index in [9.17, 15) is 9.59 Å². The summed E-state index contributed by atoms with van der Waals surface area (Å²) < 4.78 is 10.5. The Morgan fingerprint density at radius 3 is 2.34 bits per heavy atom. The molecule has 2 heterocycles. The summed E-state index contributed by atoms with van der Waals surface area (Å²) in [6.07, 6.45) is 3.08. The van der Waals surface area contributed by atoms with Crippen molar-refractivity contribution in [2.75, 3.05) is 5.32 Å². The highest BCUT2D eigenvalue weighted by atomic mass is 32.1. The predicted octanol–water partition coefficient (Wildman–Crippen LogP) is 5.75. The summed E-state index contributed by atoms with van der Waals surface area (Å²) in [6, 6.07) is 20.2. The third kappa shape index (κ3) is 4.63. The average molecular weight is 447 g/mol. The molecule has 0 fully saturated rings. The number of nitrogens with zero attached hydrogens (tertiary/aromatic N) is 1. The molecule has 0 spiro atoms. The Bertz CT molecular complexity index is 1170. The van der Waals surface area contributed by atoms with Crippen LogP contribution in [-0.4, -0.2) is 16.9 Å². The molecule has 0 aliphatic carbocycles. The summed E-state index contributed by atoms with van der Waals surface area (Å²) in [6.45, 7) is 3.83.